The minimum atomic E-state index is -0.230. The Balaban J connectivity index is 1.95. The molecule has 2 aromatic rings. The highest BCUT2D eigenvalue weighted by Gasteiger charge is 2.19. The van der Waals surface area contributed by atoms with Gasteiger partial charge in [0, 0.05) is 17.7 Å². The summed E-state index contributed by atoms with van der Waals surface area (Å²) >= 11 is 6.61. The molecular formula is C17H18ClNO2. The molecule has 0 fully saturated rings. The highest BCUT2D eigenvalue weighted by Crippen LogP contribution is 2.35. The van der Waals surface area contributed by atoms with Crippen LogP contribution in [0.5, 0.6) is 0 Å². The normalized spacial score (nSPS) is 16.0. The first kappa shape index (κ1) is 14.2. The van der Waals surface area contributed by atoms with Gasteiger partial charge in [0.05, 0.1) is 5.38 Å². The molecule has 0 saturated heterocycles. The lowest BCUT2D eigenvalue weighted by Gasteiger charge is -2.13. The molecule has 4 heteroatoms. The van der Waals surface area contributed by atoms with Crippen molar-refractivity contribution < 1.29 is 9.21 Å². The molecule has 0 radical (unpaired) electrons. The van der Waals surface area contributed by atoms with Crippen molar-refractivity contribution in [2.45, 2.75) is 38.5 Å². The average Bonchev–Trinajstić information content (AvgIpc) is 2.67. The van der Waals surface area contributed by atoms with Crippen LogP contribution in [0, 0.1) is 13.8 Å². The van der Waals surface area contributed by atoms with E-state index >= 15 is 0 Å². The van der Waals surface area contributed by atoms with Gasteiger partial charge in [-0.05, 0) is 49.9 Å². The molecule has 0 aliphatic carbocycles. The highest BCUT2D eigenvalue weighted by atomic mass is 35.5. The summed E-state index contributed by atoms with van der Waals surface area (Å²) < 4.78 is 5.56. The zero-order valence-corrected chi connectivity index (χ0v) is 13.0. The van der Waals surface area contributed by atoms with E-state index in [1.807, 2.05) is 32.0 Å². The van der Waals surface area contributed by atoms with Crippen LogP contribution in [0.4, 0.5) is 5.69 Å². The van der Waals surface area contributed by atoms with E-state index in [-0.39, 0.29) is 11.3 Å². The van der Waals surface area contributed by atoms with Gasteiger partial charge in [-0.2, -0.15) is 0 Å². The summed E-state index contributed by atoms with van der Waals surface area (Å²) in [7, 11) is 0. The van der Waals surface area contributed by atoms with Crippen LogP contribution in [0.3, 0.4) is 0 Å². The Morgan fingerprint density at radius 3 is 2.76 bits per heavy atom. The van der Waals surface area contributed by atoms with Crippen molar-refractivity contribution in [3.05, 3.63) is 52.5 Å². The standard InChI is InChI=1S/C17H18ClNO2/c1-10-8-14(11(2)21-10)17(18)13-6-7-15-12(9-13)4-3-5-16(20)19-15/h6-9,17H,3-5H2,1-2H3,(H,19,20). The Morgan fingerprint density at radius 1 is 1.24 bits per heavy atom. The molecule has 21 heavy (non-hydrogen) atoms. The summed E-state index contributed by atoms with van der Waals surface area (Å²) in [6, 6.07) is 8.01. The molecule has 0 saturated carbocycles. The number of furan rings is 1. The van der Waals surface area contributed by atoms with E-state index < -0.39 is 0 Å². The number of hydrogen-bond donors (Lipinski definition) is 1. The van der Waals surface area contributed by atoms with Crippen molar-refractivity contribution in [1.29, 1.82) is 0 Å². The molecule has 1 aliphatic heterocycles. The monoisotopic (exact) mass is 303 g/mol. The van der Waals surface area contributed by atoms with E-state index in [9.17, 15) is 4.79 Å². The third-order valence-corrected chi connectivity index (χ3v) is 4.39. The van der Waals surface area contributed by atoms with Crippen LogP contribution < -0.4 is 5.32 Å². The summed E-state index contributed by atoms with van der Waals surface area (Å²) in [5, 5.41) is 2.71. The quantitative estimate of drug-likeness (QED) is 0.830. The topological polar surface area (TPSA) is 42.2 Å². The smallest absolute Gasteiger partial charge is 0.224 e. The van der Waals surface area contributed by atoms with Gasteiger partial charge < -0.3 is 9.73 Å². The van der Waals surface area contributed by atoms with Crippen LogP contribution >= 0.6 is 11.6 Å². The van der Waals surface area contributed by atoms with E-state index in [0.717, 1.165) is 46.7 Å². The molecule has 110 valence electrons. The van der Waals surface area contributed by atoms with Crippen molar-refractivity contribution in [3.63, 3.8) is 0 Å². The van der Waals surface area contributed by atoms with Crippen molar-refractivity contribution in [1.82, 2.24) is 0 Å². The van der Waals surface area contributed by atoms with Crippen molar-refractivity contribution in [3.8, 4) is 0 Å². The minimum Gasteiger partial charge on any atom is -0.466 e. The Bertz CT molecular complexity index is 690. The molecule has 3 nitrogen and oxygen atoms in total. The van der Waals surface area contributed by atoms with Crippen molar-refractivity contribution >= 4 is 23.2 Å². The van der Waals surface area contributed by atoms with E-state index in [4.69, 9.17) is 16.0 Å². The first-order valence-electron chi connectivity index (χ1n) is 7.18. The number of aryl methyl sites for hydroxylation is 3. The molecule has 1 amide bonds. The predicted octanol–water partition coefficient (Wildman–Crippen LogP) is 4.50. The van der Waals surface area contributed by atoms with Gasteiger partial charge in [0.1, 0.15) is 11.5 Å². The van der Waals surface area contributed by atoms with E-state index in [1.54, 1.807) is 0 Å². The Labute approximate surface area is 129 Å². The summed E-state index contributed by atoms with van der Waals surface area (Å²) in [6.07, 6.45) is 2.35. The number of rotatable bonds is 2. The number of carbonyl (C=O) groups excluding carboxylic acids is 1. The van der Waals surface area contributed by atoms with Crippen molar-refractivity contribution in [2.75, 3.05) is 5.32 Å². The molecule has 1 aromatic heterocycles. The maximum Gasteiger partial charge on any atom is 0.224 e. The number of halogens is 1. The van der Waals surface area contributed by atoms with E-state index in [2.05, 4.69) is 11.4 Å². The molecular weight excluding hydrogens is 286 g/mol. The molecule has 1 aromatic carbocycles. The first-order chi connectivity index (χ1) is 10.0. The minimum absolute atomic E-state index is 0.0882. The van der Waals surface area contributed by atoms with Gasteiger partial charge in [0.25, 0.3) is 0 Å². The van der Waals surface area contributed by atoms with Crippen LogP contribution in [0.25, 0.3) is 0 Å². The molecule has 1 aliphatic rings. The number of amides is 1. The summed E-state index contributed by atoms with van der Waals surface area (Å²) in [6.45, 7) is 3.86. The highest BCUT2D eigenvalue weighted by molar-refractivity contribution is 6.22. The molecule has 1 unspecified atom stereocenters. The van der Waals surface area contributed by atoms with Crippen LogP contribution in [-0.4, -0.2) is 5.91 Å². The summed E-state index contributed by atoms with van der Waals surface area (Å²) in [5.74, 6) is 1.82. The van der Waals surface area contributed by atoms with E-state index in [0.29, 0.717) is 6.42 Å². The predicted molar refractivity (Wildman–Crippen MR) is 83.9 cm³/mol. The van der Waals surface area contributed by atoms with Crippen molar-refractivity contribution in [2.24, 2.45) is 0 Å². The maximum absolute atomic E-state index is 11.6. The third-order valence-electron chi connectivity index (χ3n) is 3.90. The fraction of sp³-hybridized carbons (Fsp3) is 0.353. The number of benzene rings is 1. The molecule has 3 rings (SSSR count). The van der Waals surface area contributed by atoms with Gasteiger partial charge in [0.2, 0.25) is 5.91 Å². The van der Waals surface area contributed by atoms with Gasteiger partial charge in [-0.3, -0.25) is 4.79 Å². The number of anilines is 1. The van der Waals surface area contributed by atoms with Gasteiger partial charge in [0.15, 0.2) is 0 Å². The number of nitrogens with one attached hydrogen (secondary N) is 1. The molecule has 1 atom stereocenters. The zero-order valence-electron chi connectivity index (χ0n) is 12.2. The average molecular weight is 304 g/mol. The lowest BCUT2D eigenvalue weighted by molar-refractivity contribution is -0.116. The largest absolute Gasteiger partial charge is 0.466 e. The Hall–Kier alpha value is -1.74. The van der Waals surface area contributed by atoms with Gasteiger partial charge >= 0.3 is 0 Å². The summed E-state index contributed by atoms with van der Waals surface area (Å²) in [5.41, 5.74) is 4.11. The molecule has 0 bridgehead atoms. The molecule has 1 N–H and O–H groups in total. The van der Waals surface area contributed by atoms with Gasteiger partial charge in [-0.15, -0.1) is 11.6 Å². The van der Waals surface area contributed by atoms with Crippen LogP contribution in [0.15, 0.2) is 28.7 Å². The second-order valence-electron chi connectivity index (χ2n) is 5.55. The van der Waals surface area contributed by atoms with Crippen LogP contribution in [0.2, 0.25) is 0 Å². The van der Waals surface area contributed by atoms with E-state index in [1.165, 1.54) is 0 Å². The second-order valence-corrected chi connectivity index (χ2v) is 5.99. The lowest BCUT2D eigenvalue weighted by atomic mass is 9.99. The maximum atomic E-state index is 11.6. The third kappa shape index (κ3) is 2.84. The zero-order chi connectivity index (χ0) is 15.0. The molecule has 0 spiro atoms. The first-order valence-corrected chi connectivity index (χ1v) is 7.62. The lowest BCUT2D eigenvalue weighted by Crippen LogP contribution is -2.09. The summed E-state index contributed by atoms with van der Waals surface area (Å²) in [4.78, 5) is 11.6. The SMILES string of the molecule is Cc1cc(C(Cl)c2ccc3c(c2)CCCC(=O)N3)c(C)o1. The molecule has 2 heterocycles. The van der Waals surface area contributed by atoms with Gasteiger partial charge in [-0.25, -0.2) is 0 Å². The number of fused-ring (bicyclic) bond motifs is 1. The fourth-order valence-corrected chi connectivity index (χ4v) is 3.19. The van der Waals surface area contributed by atoms with Crippen LogP contribution in [-0.2, 0) is 11.2 Å². The Kier molecular flexibility index (Phi) is 3.77. The number of hydrogen-bond acceptors (Lipinski definition) is 2. The second kappa shape index (κ2) is 5.57. The fourth-order valence-electron chi connectivity index (χ4n) is 2.83. The number of alkyl halides is 1. The van der Waals surface area contributed by atoms with Crippen LogP contribution in [0.1, 0.15) is 46.4 Å². The van der Waals surface area contributed by atoms with Gasteiger partial charge in [-0.1, -0.05) is 12.1 Å². The Morgan fingerprint density at radius 2 is 2.05 bits per heavy atom. The number of carbonyl (C=O) groups is 1.